The molecule has 0 aromatic heterocycles. The summed E-state index contributed by atoms with van der Waals surface area (Å²) in [4.78, 5) is 82.8. The Morgan fingerprint density at radius 1 is 0.521 bits per heavy atom. The third-order valence-electron chi connectivity index (χ3n) is 6.75. The summed E-state index contributed by atoms with van der Waals surface area (Å²) < 4.78 is 32.2. The first-order chi connectivity index (χ1) is 22.2. The number of hydrogen-bond donors (Lipinski definition) is 2. The quantitative estimate of drug-likeness (QED) is 0.113. The van der Waals surface area contributed by atoms with Gasteiger partial charge in [0.2, 0.25) is 0 Å². The van der Waals surface area contributed by atoms with Crippen LogP contribution in [0.25, 0.3) is 9.69 Å². The van der Waals surface area contributed by atoms with Crippen LogP contribution in [0.5, 0.6) is 0 Å². The summed E-state index contributed by atoms with van der Waals surface area (Å²) in [6.07, 6.45) is -10.9. The van der Waals surface area contributed by atoms with Gasteiger partial charge in [0.15, 0.2) is 36.6 Å². The molecule has 0 saturated carbocycles. The predicted molar refractivity (Wildman–Crippen MR) is 165 cm³/mol. The van der Waals surface area contributed by atoms with Gasteiger partial charge in [0.25, 0.3) is 0 Å². The first-order valence-electron chi connectivity index (χ1n) is 15.4. The van der Waals surface area contributed by atoms with Gasteiger partial charge in [-0.1, -0.05) is 55.4 Å². The highest BCUT2D eigenvalue weighted by Gasteiger charge is 2.48. The number of hydrogen-bond acceptors (Lipinski definition) is 14. The van der Waals surface area contributed by atoms with Gasteiger partial charge in [-0.2, -0.15) is 0 Å². The average Bonchev–Trinajstić information content (AvgIpc) is 2.97. The van der Waals surface area contributed by atoms with Crippen LogP contribution in [0.1, 0.15) is 69.2 Å². The molecule has 0 fully saturated rings. The Bertz CT molecular complexity index is 1110. The molecule has 0 spiro atoms. The predicted octanol–water partition coefficient (Wildman–Crippen LogP) is 1.68. The molecule has 2 N–H and O–H groups in total. The lowest BCUT2D eigenvalue weighted by atomic mass is 10.0. The first kappa shape index (κ1) is 43.7. The lowest BCUT2D eigenvalue weighted by Crippen LogP contribution is -2.55. The number of carbonyl (C=O) groups is 6. The van der Waals surface area contributed by atoms with Gasteiger partial charge in [0.1, 0.15) is 13.2 Å². The summed E-state index contributed by atoms with van der Waals surface area (Å²) in [5.74, 6) is -9.02. The van der Waals surface area contributed by atoms with E-state index >= 15 is 0 Å². The van der Waals surface area contributed by atoms with E-state index in [0.717, 1.165) is 13.8 Å². The van der Waals surface area contributed by atoms with E-state index in [1.807, 2.05) is 0 Å². The zero-order valence-corrected chi connectivity index (χ0v) is 29.0. The van der Waals surface area contributed by atoms with Gasteiger partial charge in [-0.3, -0.25) is 9.59 Å². The Balaban J connectivity index is 7.27. The molecule has 0 aliphatic carbocycles. The van der Waals surface area contributed by atoms with Crippen molar-refractivity contribution >= 4 is 35.8 Å². The van der Waals surface area contributed by atoms with Crippen LogP contribution in [-0.2, 0) is 57.2 Å². The topological polar surface area (TPSA) is 207 Å². The molecule has 0 aliphatic heterocycles. The maximum Gasteiger partial charge on any atom is 0.391 e. The molecule has 0 aromatic rings. The molecule has 0 radical (unpaired) electrons. The van der Waals surface area contributed by atoms with Gasteiger partial charge in [-0.25, -0.2) is 32.3 Å². The van der Waals surface area contributed by atoms with Crippen LogP contribution in [0.2, 0.25) is 0 Å². The van der Waals surface area contributed by atoms with Crippen molar-refractivity contribution in [3.8, 4) is 0 Å². The molecule has 270 valence electrons. The van der Waals surface area contributed by atoms with E-state index < -0.39 is 121 Å². The van der Waals surface area contributed by atoms with Crippen LogP contribution < -0.4 is 0 Å². The molecular formula is C32H48N2O14. The molecule has 16 nitrogen and oxygen atoms in total. The number of esters is 6. The van der Waals surface area contributed by atoms with Crippen LogP contribution in [0.4, 0.5) is 0 Å². The van der Waals surface area contributed by atoms with Crippen molar-refractivity contribution in [3.63, 3.8) is 0 Å². The third-order valence-corrected chi connectivity index (χ3v) is 6.75. The molecular weight excluding hydrogens is 636 g/mol. The minimum Gasteiger partial charge on any atom is -0.460 e. The highest BCUT2D eigenvalue weighted by Crippen LogP contribution is 2.24. The Morgan fingerprint density at radius 3 is 1.02 bits per heavy atom. The normalized spacial score (nSPS) is 16.2. The molecule has 0 saturated heterocycles. The molecule has 2 unspecified atom stereocenters. The van der Waals surface area contributed by atoms with Crippen molar-refractivity contribution in [2.45, 2.75) is 118 Å². The van der Waals surface area contributed by atoms with E-state index in [4.69, 9.17) is 41.6 Å². The maximum atomic E-state index is 13.2. The summed E-state index contributed by atoms with van der Waals surface area (Å²) in [5, 5.41) is 20.4. The Hall–Kier alpha value is -4.28. The summed E-state index contributed by atoms with van der Waals surface area (Å²) in [7, 11) is 0. The van der Waals surface area contributed by atoms with E-state index in [1.54, 1.807) is 27.7 Å². The Labute approximate surface area is 280 Å². The highest BCUT2D eigenvalue weighted by atomic mass is 16.6. The number of carbonyl (C=O) groups excluding carboxylic acids is 6. The van der Waals surface area contributed by atoms with E-state index in [9.17, 15) is 39.0 Å². The lowest BCUT2D eigenvalue weighted by molar-refractivity contribution is -0.210. The fourth-order valence-electron chi connectivity index (χ4n) is 3.91. The number of rotatable bonds is 19. The van der Waals surface area contributed by atoms with Crippen LogP contribution in [0.15, 0.2) is 0 Å². The van der Waals surface area contributed by atoms with Gasteiger partial charge in [-0.15, -0.1) is 0 Å². The number of ether oxygens (including phenoxy) is 6. The van der Waals surface area contributed by atoms with Crippen molar-refractivity contribution in [1.29, 1.82) is 0 Å². The first-order valence-corrected chi connectivity index (χ1v) is 15.4. The third kappa shape index (κ3) is 14.2. The lowest BCUT2D eigenvalue weighted by Gasteiger charge is -2.35. The van der Waals surface area contributed by atoms with Crippen molar-refractivity contribution in [3.05, 3.63) is 22.8 Å². The molecule has 0 amide bonds. The van der Waals surface area contributed by atoms with E-state index in [2.05, 4.69) is 9.69 Å². The van der Waals surface area contributed by atoms with Gasteiger partial charge < -0.3 is 48.3 Å². The highest BCUT2D eigenvalue weighted by molar-refractivity contribution is 5.79. The zero-order valence-electron chi connectivity index (χ0n) is 29.0. The second-order valence-electron chi connectivity index (χ2n) is 12.4. The summed E-state index contributed by atoms with van der Waals surface area (Å²) >= 11 is 0. The zero-order chi connectivity index (χ0) is 37.5. The standard InChI is InChI=1S/C32H48N2O14/c1-15(2)23(33-11)29(39)47-21(13-43-31(41)25(37)17(5)6)27(45-19(9)35)28(46-20(10)36)22(14-44-32(42)26(38)18(7)8)48-30(40)24(34-12)16(3)4/h15-18,21-28,37-38H,13-14H2,1-10H3/t21-,22-,23?,24?,25-,26-,27-,28-/m1/s1. The molecule has 0 bridgehead atoms. The monoisotopic (exact) mass is 684 g/mol. The molecule has 0 rings (SSSR count). The van der Waals surface area contributed by atoms with Crippen molar-refractivity contribution < 1.29 is 67.4 Å². The summed E-state index contributed by atoms with van der Waals surface area (Å²) in [6, 6.07) is -2.76. The minimum absolute atomic E-state index is 0.570. The second-order valence-corrected chi connectivity index (χ2v) is 12.4. The SMILES string of the molecule is [C-]#[N+]C(C(=O)O[C@H](COC(=O)[C@H](O)C(C)C)[C@@H](OC(C)=O)[C@H](OC(C)=O)[C@@H](COC(=O)[C@H](O)C(C)C)OC(=O)C([N+]#[C-])C(C)C)C(C)C. The molecule has 16 heteroatoms. The van der Waals surface area contributed by atoms with Gasteiger partial charge in [-0.05, 0) is 11.8 Å². The van der Waals surface area contributed by atoms with Gasteiger partial charge in [0, 0.05) is 25.7 Å². The number of aliphatic hydroxyl groups is 2. The van der Waals surface area contributed by atoms with Crippen molar-refractivity contribution in [1.82, 2.24) is 0 Å². The molecule has 0 heterocycles. The fraction of sp³-hybridized carbons (Fsp3) is 0.750. The van der Waals surface area contributed by atoms with Crippen LogP contribution >= 0.6 is 0 Å². The summed E-state index contributed by atoms with van der Waals surface area (Å²) in [5.41, 5.74) is 0. The number of aliphatic hydroxyl groups excluding tert-OH is 2. The molecule has 8 atom stereocenters. The molecule has 48 heavy (non-hydrogen) atoms. The largest absolute Gasteiger partial charge is 0.460 e. The van der Waals surface area contributed by atoms with Crippen LogP contribution in [0.3, 0.4) is 0 Å². The van der Waals surface area contributed by atoms with E-state index in [-0.39, 0.29) is 0 Å². The smallest absolute Gasteiger partial charge is 0.391 e. The maximum absolute atomic E-state index is 13.2. The van der Waals surface area contributed by atoms with Crippen LogP contribution in [0, 0.1) is 36.8 Å². The molecule has 0 aromatic carbocycles. The minimum atomic E-state index is -1.96. The summed E-state index contributed by atoms with van der Waals surface area (Å²) in [6.45, 7) is 27.2. The van der Waals surface area contributed by atoms with Crippen molar-refractivity contribution in [2.75, 3.05) is 13.2 Å². The van der Waals surface area contributed by atoms with E-state index in [1.165, 1.54) is 27.7 Å². The van der Waals surface area contributed by atoms with Gasteiger partial charge >= 0.3 is 47.9 Å². The van der Waals surface area contributed by atoms with Gasteiger partial charge in [0.05, 0.1) is 0 Å². The fourth-order valence-corrected chi connectivity index (χ4v) is 3.91. The molecule has 0 aliphatic rings. The second kappa shape index (κ2) is 20.8. The van der Waals surface area contributed by atoms with Crippen LogP contribution in [-0.4, -0.2) is 108 Å². The van der Waals surface area contributed by atoms with Crippen molar-refractivity contribution in [2.24, 2.45) is 23.7 Å². The Kier molecular flexibility index (Phi) is 19.0. The van der Waals surface area contributed by atoms with E-state index in [0.29, 0.717) is 0 Å². The Morgan fingerprint density at radius 2 is 0.812 bits per heavy atom. The number of nitrogens with zero attached hydrogens (tertiary/aromatic N) is 2. The average molecular weight is 685 g/mol.